The summed E-state index contributed by atoms with van der Waals surface area (Å²) in [6.45, 7) is 0. The maximum Gasteiger partial charge on any atom is 0.123 e. The molecule has 0 spiro atoms. The van der Waals surface area contributed by atoms with Crippen LogP contribution in [0.4, 0.5) is 0 Å². The van der Waals surface area contributed by atoms with E-state index in [0.29, 0.717) is 0 Å². The summed E-state index contributed by atoms with van der Waals surface area (Å²) in [7, 11) is 13.1. The van der Waals surface area contributed by atoms with E-state index >= 15 is 0 Å². The summed E-state index contributed by atoms with van der Waals surface area (Å²) < 4.78 is 4.33. The van der Waals surface area contributed by atoms with Gasteiger partial charge in [0.2, 0.25) is 0 Å². The molecular formula is C28H25Cl3NOPPt. The standard InChI is InChI=1S/C25H22P.C3H3NO.3ClH.Pt/c1-5-13-22(14-6-1)21-26(23-15-7-2-8-16-23,24-17-9-3-10-18-24)25-19-11-4-12-20-25;1-2-4-5-3-1;;;;/h1-20H,21H2;1-3H;3*1H;/q+1;;;;;+2/p-3. The van der Waals surface area contributed by atoms with Crippen molar-refractivity contribution < 1.29 is 18.7 Å². The molecule has 0 fully saturated rings. The summed E-state index contributed by atoms with van der Waals surface area (Å²) in [6.07, 6.45) is 4.13. The number of nitrogens with zero attached hydrogens (tertiary/aromatic N) is 1. The van der Waals surface area contributed by atoms with E-state index in [4.69, 9.17) is 28.3 Å². The van der Waals surface area contributed by atoms with Crippen molar-refractivity contribution in [3.05, 3.63) is 145 Å². The third kappa shape index (κ3) is 8.60. The molecule has 0 amide bonds. The Balaban J connectivity index is 0.000000322. The van der Waals surface area contributed by atoms with Gasteiger partial charge < -0.3 is 4.52 Å². The average molecular weight is 724 g/mol. The quantitative estimate of drug-likeness (QED) is 0.172. The van der Waals surface area contributed by atoms with E-state index in [0.717, 1.165) is 6.16 Å². The van der Waals surface area contributed by atoms with Crippen LogP contribution >= 0.6 is 35.5 Å². The van der Waals surface area contributed by atoms with Crippen LogP contribution in [0.1, 0.15) is 5.56 Å². The molecule has 0 radical (unpaired) electrons. The van der Waals surface area contributed by atoms with Crippen molar-refractivity contribution in [3.63, 3.8) is 0 Å². The van der Waals surface area contributed by atoms with Crippen molar-refractivity contribution in [2.24, 2.45) is 0 Å². The fraction of sp³-hybridized carbons (Fsp3) is 0.0357. The first kappa shape index (κ1) is 27.7. The second kappa shape index (κ2) is 15.2. The minimum atomic E-state index is -1.85. The van der Waals surface area contributed by atoms with Crippen LogP contribution in [-0.2, 0) is 20.4 Å². The van der Waals surface area contributed by atoms with E-state index in [-0.39, 0.29) is 0 Å². The van der Waals surface area contributed by atoms with Gasteiger partial charge in [0.25, 0.3) is 0 Å². The average Bonchev–Trinajstić information content (AvgIpc) is 3.50. The molecule has 1 heterocycles. The maximum absolute atomic E-state index is 4.96. The summed E-state index contributed by atoms with van der Waals surface area (Å²) in [6, 6.07) is 45.8. The Morgan fingerprint density at radius 1 is 0.571 bits per heavy atom. The van der Waals surface area contributed by atoms with Crippen LogP contribution < -0.4 is 15.9 Å². The first-order valence-electron chi connectivity index (χ1n) is 10.7. The number of aromatic nitrogens is 1. The summed E-state index contributed by atoms with van der Waals surface area (Å²) in [5, 5.41) is 7.64. The summed E-state index contributed by atoms with van der Waals surface area (Å²) in [5.74, 6) is 0. The van der Waals surface area contributed by atoms with Crippen molar-refractivity contribution in [2.75, 3.05) is 0 Å². The third-order valence-electron chi connectivity index (χ3n) is 5.20. The van der Waals surface area contributed by atoms with E-state index in [2.05, 4.69) is 131 Å². The Morgan fingerprint density at radius 3 is 1.23 bits per heavy atom. The second-order valence-electron chi connectivity index (χ2n) is 7.28. The number of benzene rings is 4. The molecule has 0 aliphatic heterocycles. The number of hydrogen-bond acceptors (Lipinski definition) is 2. The first-order chi connectivity index (χ1) is 17.1. The minimum absolute atomic E-state index is 1.03. The van der Waals surface area contributed by atoms with Crippen LogP contribution in [0.15, 0.2) is 144 Å². The van der Waals surface area contributed by atoms with Gasteiger partial charge in [0.1, 0.15) is 29.4 Å². The molecule has 5 rings (SSSR count). The normalized spacial score (nSPS) is 10.8. The third-order valence-corrected chi connectivity index (χ3v) is 9.58. The van der Waals surface area contributed by atoms with Crippen LogP contribution in [0.3, 0.4) is 0 Å². The van der Waals surface area contributed by atoms with E-state index < -0.39 is 21.5 Å². The fourth-order valence-corrected chi connectivity index (χ4v) is 8.05. The molecule has 0 unspecified atom stereocenters. The molecule has 0 bridgehead atoms. The van der Waals surface area contributed by atoms with E-state index in [1.165, 1.54) is 27.7 Å². The zero-order chi connectivity index (χ0) is 24.8. The van der Waals surface area contributed by atoms with Gasteiger partial charge in [0, 0.05) is 0 Å². The van der Waals surface area contributed by atoms with Crippen LogP contribution in [0.2, 0.25) is 0 Å². The molecule has 0 saturated carbocycles. The molecule has 0 aliphatic rings. The van der Waals surface area contributed by atoms with Gasteiger partial charge in [-0.25, -0.2) is 0 Å². The molecule has 2 nitrogen and oxygen atoms in total. The summed E-state index contributed by atoms with van der Waals surface area (Å²) in [5.41, 5.74) is 1.39. The van der Waals surface area contributed by atoms with Gasteiger partial charge in [-0.1, -0.05) is 90.1 Å². The summed E-state index contributed by atoms with van der Waals surface area (Å²) in [4.78, 5) is 0. The fourth-order valence-electron chi connectivity index (χ4n) is 3.80. The molecule has 1 aromatic heterocycles. The largest absolute Gasteiger partial charge is 0.365 e. The molecule has 184 valence electrons. The molecule has 35 heavy (non-hydrogen) atoms. The zero-order valence-corrected chi connectivity index (χ0v) is 24.2. The van der Waals surface area contributed by atoms with E-state index in [1.807, 2.05) is 0 Å². The minimum Gasteiger partial charge on any atom is -0.365 e. The zero-order valence-electron chi connectivity index (χ0n) is 18.7. The maximum atomic E-state index is 4.96. The van der Waals surface area contributed by atoms with Crippen molar-refractivity contribution in [3.8, 4) is 0 Å². The van der Waals surface area contributed by atoms with Gasteiger partial charge in [-0.05, 0) is 48.0 Å². The van der Waals surface area contributed by atoms with Crippen LogP contribution in [0.25, 0.3) is 0 Å². The second-order valence-corrected chi connectivity index (χ2v) is 20.6. The van der Waals surface area contributed by atoms with Crippen molar-refractivity contribution in [1.82, 2.24) is 5.16 Å². The molecule has 0 N–H and O–H groups in total. The van der Waals surface area contributed by atoms with Crippen molar-refractivity contribution in [1.29, 1.82) is 0 Å². The van der Waals surface area contributed by atoms with Gasteiger partial charge in [-0.2, -0.15) is 0 Å². The Kier molecular flexibility index (Phi) is 12.1. The molecule has 0 aliphatic carbocycles. The Morgan fingerprint density at radius 2 is 0.943 bits per heavy atom. The molecule has 0 atom stereocenters. The van der Waals surface area contributed by atoms with Gasteiger partial charge in [-0.3, -0.25) is 0 Å². The van der Waals surface area contributed by atoms with Crippen LogP contribution in [-0.4, -0.2) is 5.16 Å². The number of halogens is 3. The topological polar surface area (TPSA) is 26.0 Å². The molecule has 7 heteroatoms. The number of hydrogen-bond donors (Lipinski definition) is 0. The predicted molar refractivity (Wildman–Crippen MR) is 149 cm³/mol. The van der Waals surface area contributed by atoms with Gasteiger partial charge in [-0.15, -0.1) is 0 Å². The van der Waals surface area contributed by atoms with Crippen molar-refractivity contribution >= 4 is 51.4 Å². The van der Waals surface area contributed by atoms with Gasteiger partial charge in [0.05, 0.1) is 12.4 Å². The smallest absolute Gasteiger partial charge is 0.123 e. The summed E-state index contributed by atoms with van der Waals surface area (Å²) >= 11 is -1.85. The monoisotopic (exact) mass is 722 g/mol. The Labute approximate surface area is 225 Å². The Hall–Kier alpha value is -1.92. The van der Waals surface area contributed by atoms with E-state index in [1.54, 1.807) is 12.3 Å². The molecule has 4 aromatic carbocycles. The first-order valence-corrected chi connectivity index (χ1v) is 21.1. The van der Waals surface area contributed by atoms with Crippen molar-refractivity contribution in [2.45, 2.75) is 6.16 Å². The molecule has 0 saturated heterocycles. The SMILES string of the molecule is [Cl][Pt-]([Cl])[Cl].c1ccc(C[P+](c2ccccc2)(c2ccccc2)c2ccccc2)cc1.c1cnoc1. The Bertz CT molecular complexity index is 1080. The van der Waals surface area contributed by atoms with Crippen LogP contribution in [0.5, 0.6) is 0 Å². The molecule has 5 aromatic rings. The van der Waals surface area contributed by atoms with Gasteiger partial charge >= 0.3 is 42.4 Å². The molecular weight excluding hydrogens is 699 g/mol. The van der Waals surface area contributed by atoms with Gasteiger partial charge in [0.15, 0.2) is 0 Å². The van der Waals surface area contributed by atoms with Crippen LogP contribution in [0, 0.1) is 0 Å². The predicted octanol–water partition coefficient (Wildman–Crippen LogP) is 7.92. The van der Waals surface area contributed by atoms with E-state index in [9.17, 15) is 0 Å². The number of rotatable bonds is 5.